The number of rotatable bonds is 6. The van der Waals surface area contributed by atoms with Crippen molar-refractivity contribution in [1.29, 1.82) is 0 Å². The minimum Gasteiger partial charge on any atom is -0.449 e. The van der Waals surface area contributed by atoms with Gasteiger partial charge in [-0.05, 0) is 29.3 Å². The Hall–Kier alpha value is -1.90. The third-order valence-electron chi connectivity index (χ3n) is 3.25. The molecule has 0 radical (unpaired) electrons. The Bertz CT molecular complexity index is 807. The van der Waals surface area contributed by atoms with E-state index in [0.717, 1.165) is 15.6 Å². The molecule has 8 heteroatoms. The van der Waals surface area contributed by atoms with Crippen LogP contribution in [0.5, 0.6) is 0 Å². The van der Waals surface area contributed by atoms with Crippen LogP contribution in [0, 0.1) is 0 Å². The van der Waals surface area contributed by atoms with E-state index in [1.807, 2.05) is 24.3 Å². The van der Waals surface area contributed by atoms with Crippen LogP contribution in [0.4, 0.5) is 4.79 Å². The molecule has 0 aliphatic carbocycles. The lowest BCUT2D eigenvalue weighted by Crippen LogP contribution is -2.24. The quantitative estimate of drug-likeness (QED) is 0.761. The highest BCUT2D eigenvalue weighted by Crippen LogP contribution is 2.16. The van der Waals surface area contributed by atoms with Gasteiger partial charge in [0.25, 0.3) is 0 Å². The predicted octanol–water partition coefficient (Wildman–Crippen LogP) is 2.57. The van der Waals surface area contributed by atoms with Crippen LogP contribution >= 0.6 is 15.9 Å². The van der Waals surface area contributed by atoms with E-state index < -0.39 is 16.1 Å². The van der Waals surface area contributed by atoms with Crippen molar-refractivity contribution in [2.24, 2.45) is 5.14 Å². The number of nitrogens with one attached hydrogen (secondary N) is 1. The molecule has 2 aromatic rings. The number of hydrogen-bond donors (Lipinski definition) is 2. The number of halogens is 1. The van der Waals surface area contributed by atoms with Crippen LogP contribution in [0.3, 0.4) is 0 Å². The molecule has 0 heterocycles. The molecule has 2 aromatic carbocycles. The molecule has 0 atom stereocenters. The van der Waals surface area contributed by atoms with Gasteiger partial charge in [0.05, 0.1) is 11.5 Å². The molecular formula is C16H17BrN2O4S. The fraction of sp³-hybridized carbons (Fsp3) is 0.188. The summed E-state index contributed by atoms with van der Waals surface area (Å²) in [5.74, 6) is 0. The third-order valence-corrected chi connectivity index (χ3v) is 4.95. The molecule has 0 aliphatic rings. The maximum Gasteiger partial charge on any atom is 0.407 e. The summed E-state index contributed by atoms with van der Waals surface area (Å²) in [7, 11) is -3.71. The van der Waals surface area contributed by atoms with Gasteiger partial charge >= 0.3 is 6.09 Å². The van der Waals surface area contributed by atoms with Crippen molar-refractivity contribution in [3.63, 3.8) is 0 Å². The van der Waals surface area contributed by atoms with E-state index in [-0.39, 0.29) is 18.0 Å². The van der Waals surface area contributed by atoms with E-state index in [0.29, 0.717) is 6.42 Å². The number of nitrogens with two attached hydrogens (primary N) is 1. The van der Waals surface area contributed by atoms with Crippen LogP contribution in [0.15, 0.2) is 57.9 Å². The van der Waals surface area contributed by atoms with E-state index in [4.69, 9.17) is 9.88 Å². The molecule has 0 unspecified atom stereocenters. The fourth-order valence-electron chi connectivity index (χ4n) is 1.98. The number of carbonyl (C=O) groups is 1. The standard InChI is InChI=1S/C16H17BrN2O4S/c17-15-4-2-1-3-13(15)9-10-23-16(20)19-11-12-5-7-14(8-6-12)24(18,21)22/h1-8H,9-11H2,(H,19,20)(H2,18,21,22). The molecule has 0 spiro atoms. The number of hydrogen-bond acceptors (Lipinski definition) is 4. The number of carbonyl (C=O) groups excluding carboxylic acids is 1. The summed E-state index contributed by atoms with van der Waals surface area (Å²) in [5, 5.41) is 7.63. The molecule has 0 fully saturated rings. The molecule has 0 aromatic heterocycles. The number of alkyl carbamates (subject to hydrolysis) is 1. The maximum absolute atomic E-state index is 11.7. The van der Waals surface area contributed by atoms with Gasteiger partial charge in [-0.1, -0.05) is 46.3 Å². The minimum atomic E-state index is -3.71. The molecular weight excluding hydrogens is 396 g/mol. The smallest absolute Gasteiger partial charge is 0.407 e. The monoisotopic (exact) mass is 412 g/mol. The molecule has 3 N–H and O–H groups in total. The molecule has 2 rings (SSSR count). The Balaban J connectivity index is 1.76. The molecule has 0 aliphatic heterocycles. The van der Waals surface area contributed by atoms with Crippen molar-refractivity contribution in [3.05, 3.63) is 64.1 Å². The number of sulfonamides is 1. The summed E-state index contributed by atoms with van der Waals surface area (Å²) in [6.07, 6.45) is 0.0790. The summed E-state index contributed by atoms with van der Waals surface area (Å²) in [6.45, 7) is 0.498. The van der Waals surface area contributed by atoms with Gasteiger partial charge in [-0.25, -0.2) is 18.4 Å². The van der Waals surface area contributed by atoms with Gasteiger partial charge in [-0.2, -0.15) is 0 Å². The third kappa shape index (κ3) is 5.63. The Labute approximate surface area is 149 Å². The molecule has 0 saturated heterocycles. The van der Waals surface area contributed by atoms with Crippen molar-refractivity contribution in [2.45, 2.75) is 17.9 Å². The van der Waals surface area contributed by atoms with Crippen LogP contribution in [-0.4, -0.2) is 21.1 Å². The van der Waals surface area contributed by atoms with Gasteiger partial charge in [0.1, 0.15) is 0 Å². The zero-order valence-corrected chi connectivity index (χ0v) is 15.1. The predicted molar refractivity (Wildman–Crippen MR) is 93.8 cm³/mol. The van der Waals surface area contributed by atoms with Gasteiger partial charge in [-0.15, -0.1) is 0 Å². The van der Waals surface area contributed by atoms with Crippen molar-refractivity contribution < 1.29 is 17.9 Å². The van der Waals surface area contributed by atoms with Gasteiger partial charge in [-0.3, -0.25) is 0 Å². The van der Waals surface area contributed by atoms with E-state index in [1.165, 1.54) is 12.1 Å². The first-order valence-corrected chi connectivity index (χ1v) is 9.46. The highest BCUT2D eigenvalue weighted by atomic mass is 79.9. The zero-order chi connectivity index (χ0) is 17.6. The van der Waals surface area contributed by atoms with Crippen LogP contribution in [-0.2, 0) is 27.7 Å². The summed E-state index contributed by atoms with van der Waals surface area (Å²) in [4.78, 5) is 11.7. The fourth-order valence-corrected chi connectivity index (χ4v) is 2.98. The number of benzene rings is 2. The molecule has 24 heavy (non-hydrogen) atoms. The van der Waals surface area contributed by atoms with Crippen molar-refractivity contribution in [2.75, 3.05) is 6.61 Å². The van der Waals surface area contributed by atoms with E-state index in [1.54, 1.807) is 12.1 Å². The largest absolute Gasteiger partial charge is 0.449 e. The van der Waals surface area contributed by atoms with Crippen molar-refractivity contribution in [3.8, 4) is 0 Å². The Morgan fingerprint density at radius 3 is 2.42 bits per heavy atom. The van der Waals surface area contributed by atoms with E-state index >= 15 is 0 Å². The Morgan fingerprint density at radius 1 is 1.12 bits per heavy atom. The lowest BCUT2D eigenvalue weighted by atomic mass is 10.2. The number of amides is 1. The van der Waals surface area contributed by atoms with Crippen molar-refractivity contribution >= 4 is 32.0 Å². The molecule has 0 bridgehead atoms. The van der Waals surface area contributed by atoms with Crippen LogP contribution in [0.25, 0.3) is 0 Å². The lowest BCUT2D eigenvalue weighted by molar-refractivity contribution is 0.147. The van der Waals surface area contributed by atoms with Crippen LogP contribution in [0.1, 0.15) is 11.1 Å². The topological polar surface area (TPSA) is 98.5 Å². The molecule has 0 saturated carbocycles. The second-order valence-electron chi connectivity index (χ2n) is 5.02. The summed E-state index contributed by atoms with van der Waals surface area (Å²) in [5.41, 5.74) is 1.80. The number of ether oxygens (including phenoxy) is 1. The first-order chi connectivity index (χ1) is 11.4. The summed E-state index contributed by atoms with van der Waals surface area (Å²) < 4.78 is 28.4. The zero-order valence-electron chi connectivity index (χ0n) is 12.7. The maximum atomic E-state index is 11.7. The van der Waals surface area contributed by atoms with Crippen LogP contribution in [0.2, 0.25) is 0 Å². The Morgan fingerprint density at radius 2 is 1.79 bits per heavy atom. The highest BCUT2D eigenvalue weighted by molar-refractivity contribution is 9.10. The number of primary sulfonamides is 1. The SMILES string of the molecule is NS(=O)(=O)c1ccc(CNC(=O)OCCc2ccccc2Br)cc1. The molecule has 6 nitrogen and oxygen atoms in total. The Kier molecular flexibility index (Phi) is 6.36. The second-order valence-corrected chi connectivity index (χ2v) is 7.44. The first-order valence-electron chi connectivity index (χ1n) is 7.12. The van der Waals surface area contributed by atoms with E-state index in [2.05, 4.69) is 21.2 Å². The second kappa shape index (κ2) is 8.27. The molecule has 1 amide bonds. The molecule has 128 valence electrons. The van der Waals surface area contributed by atoms with E-state index in [9.17, 15) is 13.2 Å². The van der Waals surface area contributed by atoms with Crippen LogP contribution < -0.4 is 10.5 Å². The minimum absolute atomic E-state index is 0.0299. The van der Waals surface area contributed by atoms with Gasteiger partial charge in [0, 0.05) is 17.4 Å². The first kappa shape index (κ1) is 18.4. The van der Waals surface area contributed by atoms with Gasteiger partial charge in [0.2, 0.25) is 10.0 Å². The average molecular weight is 413 g/mol. The summed E-state index contributed by atoms with van der Waals surface area (Å²) >= 11 is 3.44. The normalized spacial score (nSPS) is 11.1. The summed E-state index contributed by atoms with van der Waals surface area (Å²) in [6, 6.07) is 13.7. The van der Waals surface area contributed by atoms with Crippen molar-refractivity contribution in [1.82, 2.24) is 5.32 Å². The van der Waals surface area contributed by atoms with Gasteiger partial charge < -0.3 is 10.1 Å². The van der Waals surface area contributed by atoms with Gasteiger partial charge in [0.15, 0.2) is 0 Å². The lowest BCUT2D eigenvalue weighted by Gasteiger charge is -2.08. The average Bonchev–Trinajstić information content (AvgIpc) is 2.54. The highest BCUT2D eigenvalue weighted by Gasteiger charge is 2.08.